The minimum atomic E-state index is 0.0242. The van der Waals surface area contributed by atoms with Gasteiger partial charge < -0.3 is 4.90 Å². The first-order valence-corrected chi connectivity index (χ1v) is 5.87. The molecule has 1 aromatic rings. The summed E-state index contributed by atoms with van der Waals surface area (Å²) in [6.45, 7) is 2.85. The smallest absolute Gasteiger partial charge is 0.141 e. The molecule has 0 aliphatic heterocycles. The van der Waals surface area contributed by atoms with Gasteiger partial charge in [0, 0.05) is 13.0 Å². The molecule has 0 aliphatic rings. The zero-order valence-electron chi connectivity index (χ0n) is 10.4. The maximum Gasteiger partial charge on any atom is 0.141 e. The van der Waals surface area contributed by atoms with Crippen molar-refractivity contribution >= 4 is 5.78 Å². The molecule has 0 spiro atoms. The van der Waals surface area contributed by atoms with Gasteiger partial charge in [-0.1, -0.05) is 37.3 Å². The summed E-state index contributed by atoms with van der Waals surface area (Å²) in [5.41, 5.74) is 1.13. The topological polar surface area (TPSA) is 20.3 Å². The summed E-state index contributed by atoms with van der Waals surface area (Å²) in [5.74, 6) is 0.374. The van der Waals surface area contributed by atoms with Gasteiger partial charge in [-0.2, -0.15) is 0 Å². The van der Waals surface area contributed by atoms with Crippen LogP contribution in [0.15, 0.2) is 30.3 Å². The van der Waals surface area contributed by atoms with E-state index in [1.807, 2.05) is 44.4 Å². The number of ketones is 1. The zero-order chi connectivity index (χ0) is 12.0. The maximum absolute atomic E-state index is 12.1. The molecule has 2 nitrogen and oxygen atoms in total. The Labute approximate surface area is 98.3 Å². The highest BCUT2D eigenvalue weighted by Gasteiger charge is 2.19. The standard InChI is InChI=1S/C14H21NO/c1-4-8-14(16)13(11-15(2)3)12-9-6-5-7-10-12/h5-7,9-10,13H,4,8,11H2,1-3H3/t13-/m1/s1. The molecule has 1 atom stereocenters. The molecule has 0 saturated heterocycles. The van der Waals surface area contributed by atoms with Gasteiger partial charge in [0.25, 0.3) is 0 Å². The van der Waals surface area contributed by atoms with E-state index in [1.54, 1.807) is 0 Å². The molecule has 0 radical (unpaired) electrons. The first kappa shape index (κ1) is 12.9. The van der Waals surface area contributed by atoms with E-state index < -0.39 is 0 Å². The third-order valence-corrected chi connectivity index (χ3v) is 2.63. The molecule has 0 aliphatic carbocycles. The lowest BCUT2D eigenvalue weighted by molar-refractivity contribution is -0.120. The molecule has 88 valence electrons. The zero-order valence-corrected chi connectivity index (χ0v) is 10.4. The van der Waals surface area contributed by atoms with Crippen LogP contribution >= 0.6 is 0 Å². The number of benzene rings is 1. The Morgan fingerprint density at radius 1 is 1.25 bits per heavy atom. The summed E-state index contributed by atoms with van der Waals surface area (Å²) in [7, 11) is 4.02. The van der Waals surface area contributed by atoms with Crippen molar-refractivity contribution in [2.75, 3.05) is 20.6 Å². The van der Waals surface area contributed by atoms with Crippen molar-refractivity contribution in [2.45, 2.75) is 25.7 Å². The molecule has 0 heterocycles. The van der Waals surface area contributed by atoms with Crippen LogP contribution in [0, 0.1) is 0 Å². The van der Waals surface area contributed by atoms with Gasteiger partial charge in [-0.25, -0.2) is 0 Å². The highest BCUT2D eigenvalue weighted by Crippen LogP contribution is 2.19. The fourth-order valence-corrected chi connectivity index (χ4v) is 1.86. The van der Waals surface area contributed by atoms with Crippen LogP contribution in [0.4, 0.5) is 0 Å². The van der Waals surface area contributed by atoms with Crippen LogP contribution < -0.4 is 0 Å². The molecule has 1 rings (SSSR count). The largest absolute Gasteiger partial charge is 0.308 e. The van der Waals surface area contributed by atoms with Crippen LogP contribution in [0.25, 0.3) is 0 Å². The normalized spacial score (nSPS) is 12.8. The highest BCUT2D eigenvalue weighted by molar-refractivity contribution is 5.85. The van der Waals surface area contributed by atoms with Crippen LogP contribution in [0.2, 0.25) is 0 Å². The van der Waals surface area contributed by atoms with Crippen molar-refractivity contribution in [3.63, 3.8) is 0 Å². The minimum Gasteiger partial charge on any atom is -0.308 e. The van der Waals surface area contributed by atoms with Gasteiger partial charge in [-0.3, -0.25) is 4.79 Å². The molecule has 0 bridgehead atoms. The molecule has 0 fully saturated rings. The maximum atomic E-state index is 12.1. The summed E-state index contributed by atoms with van der Waals surface area (Å²) in [5, 5.41) is 0. The molecule has 0 aromatic heterocycles. The van der Waals surface area contributed by atoms with E-state index in [0.717, 1.165) is 18.5 Å². The van der Waals surface area contributed by atoms with Crippen molar-refractivity contribution < 1.29 is 4.79 Å². The van der Waals surface area contributed by atoms with E-state index in [9.17, 15) is 4.79 Å². The van der Waals surface area contributed by atoms with Gasteiger partial charge in [0.15, 0.2) is 0 Å². The summed E-state index contributed by atoms with van der Waals surface area (Å²) >= 11 is 0. The number of hydrogen-bond donors (Lipinski definition) is 0. The monoisotopic (exact) mass is 219 g/mol. The van der Waals surface area contributed by atoms with Crippen LogP contribution in [-0.4, -0.2) is 31.3 Å². The number of Topliss-reactive ketones (excluding diaryl/α,β-unsaturated/α-hetero) is 1. The Kier molecular flexibility index (Phi) is 5.20. The summed E-state index contributed by atoms with van der Waals surface area (Å²) < 4.78 is 0. The number of hydrogen-bond acceptors (Lipinski definition) is 2. The Morgan fingerprint density at radius 3 is 2.38 bits per heavy atom. The molecule has 0 saturated carbocycles. The highest BCUT2D eigenvalue weighted by atomic mass is 16.1. The quantitative estimate of drug-likeness (QED) is 0.733. The molecular formula is C14H21NO. The lowest BCUT2D eigenvalue weighted by atomic mass is 9.92. The average Bonchev–Trinajstić information content (AvgIpc) is 2.27. The van der Waals surface area contributed by atoms with E-state index in [2.05, 4.69) is 11.8 Å². The predicted molar refractivity (Wildman–Crippen MR) is 67.7 cm³/mol. The fraction of sp³-hybridized carbons (Fsp3) is 0.500. The van der Waals surface area contributed by atoms with Crippen molar-refractivity contribution in [3.8, 4) is 0 Å². The second-order valence-electron chi connectivity index (χ2n) is 4.44. The van der Waals surface area contributed by atoms with Crippen molar-refractivity contribution in [3.05, 3.63) is 35.9 Å². The van der Waals surface area contributed by atoms with Gasteiger partial charge in [-0.05, 0) is 26.1 Å². The van der Waals surface area contributed by atoms with Crippen LogP contribution in [0.3, 0.4) is 0 Å². The van der Waals surface area contributed by atoms with Gasteiger partial charge in [0.1, 0.15) is 5.78 Å². The summed E-state index contributed by atoms with van der Waals surface area (Å²) in [6, 6.07) is 10.1. The number of nitrogens with zero attached hydrogens (tertiary/aromatic N) is 1. The Hall–Kier alpha value is -1.15. The van der Waals surface area contributed by atoms with Crippen molar-refractivity contribution in [1.82, 2.24) is 4.90 Å². The molecule has 1 aromatic carbocycles. The third-order valence-electron chi connectivity index (χ3n) is 2.63. The predicted octanol–water partition coefficient (Wildman–Crippen LogP) is 2.70. The van der Waals surface area contributed by atoms with E-state index in [1.165, 1.54) is 0 Å². The third kappa shape index (κ3) is 3.78. The second kappa shape index (κ2) is 6.44. The molecular weight excluding hydrogens is 198 g/mol. The lowest BCUT2D eigenvalue weighted by Crippen LogP contribution is -2.26. The summed E-state index contributed by atoms with van der Waals surface area (Å²) in [6.07, 6.45) is 1.60. The Balaban J connectivity index is 2.83. The number of carbonyl (C=O) groups excluding carboxylic acids is 1. The van der Waals surface area contributed by atoms with Crippen LogP contribution in [0.5, 0.6) is 0 Å². The van der Waals surface area contributed by atoms with E-state index in [0.29, 0.717) is 12.2 Å². The molecule has 0 N–H and O–H groups in total. The van der Waals surface area contributed by atoms with Crippen molar-refractivity contribution in [1.29, 1.82) is 0 Å². The molecule has 0 unspecified atom stereocenters. The Bertz CT molecular complexity index is 319. The van der Waals surface area contributed by atoms with Gasteiger partial charge in [0.05, 0.1) is 5.92 Å². The number of rotatable bonds is 6. The average molecular weight is 219 g/mol. The summed E-state index contributed by atoms with van der Waals surface area (Å²) in [4.78, 5) is 14.1. The second-order valence-corrected chi connectivity index (χ2v) is 4.44. The molecule has 0 amide bonds. The first-order valence-electron chi connectivity index (χ1n) is 5.87. The van der Waals surface area contributed by atoms with E-state index >= 15 is 0 Å². The lowest BCUT2D eigenvalue weighted by Gasteiger charge is -2.20. The first-order chi connectivity index (χ1) is 7.65. The van der Waals surface area contributed by atoms with Gasteiger partial charge in [-0.15, -0.1) is 0 Å². The SMILES string of the molecule is CCCC(=O)[C@H](CN(C)C)c1ccccc1. The minimum absolute atomic E-state index is 0.0242. The van der Waals surface area contributed by atoms with Crippen LogP contribution in [0.1, 0.15) is 31.2 Å². The van der Waals surface area contributed by atoms with Crippen molar-refractivity contribution in [2.24, 2.45) is 0 Å². The van der Waals surface area contributed by atoms with Crippen LogP contribution in [-0.2, 0) is 4.79 Å². The van der Waals surface area contributed by atoms with Gasteiger partial charge in [0.2, 0.25) is 0 Å². The molecule has 2 heteroatoms. The van der Waals surface area contributed by atoms with E-state index in [4.69, 9.17) is 0 Å². The molecule has 16 heavy (non-hydrogen) atoms. The Morgan fingerprint density at radius 2 is 1.88 bits per heavy atom. The van der Waals surface area contributed by atoms with E-state index in [-0.39, 0.29) is 5.92 Å². The van der Waals surface area contributed by atoms with Gasteiger partial charge >= 0.3 is 0 Å². The fourth-order valence-electron chi connectivity index (χ4n) is 1.86. The number of carbonyl (C=O) groups is 1. The number of likely N-dealkylation sites (N-methyl/N-ethyl adjacent to an activating group) is 1.